The molecule has 0 aliphatic heterocycles. The van der Waals surface area contributed by atoms with E-state index >= 15 is 0 Å². The molecule has 0 aliphatic carbocycles. The molecule has 4 aromatic rings. The summed E-state index contributed by atoms with van der Waals surface area (Å²) in [5.41, 5.74) is 1.53. The van der Waals surface area contributed by atoms with E-state index < -0.39 is 11.8 Å². The van der Waals surface area contributed by atoms with E-state index in [9.17, 15) is 9.18 Å². The molecule has 3 aromatic heterocycles. The number of aromatic nitrogens is 4. The molecule has 0 fully saturated rings. The lowest BCUT2D eigenvalue weighted by Gasteiger charge is -2.10. The molecule has 0 spiro atoms. The van der Waals surface area contributed by atoms with Gasteiger partial charge in [0.25, 0.3) is 0 Å². The molecule has 3 heterocycles. The summed E-state index contributed by atoms with van der Waals surface area (Å²) in [5, 5.41) is 12.7. The number of fused-ring (bicyclic) bond motifs is 1. The molecule has 140 valence electrons. The zero-order valence-electron chi connectivity index (χ0n) is 14.7. The number of aromatic amines is 1. The van der Waals surface area contributed by atoms with Gasteiger partial charge in [-0.15, -0.1) is 0 Å². The number of hydrogen-bond acceptors (Lipinski definition) is 5. The van der Waals surface area contributed by atoms with Gasteiger partial charge in [-0.05, 0) is 37.3 Å². The van der Waals surface area contributed by atoms with E-state index in [1.807, 2.05) is 6.92 Å². The summed E-state index contributed by atoms with van der Waals surface area (Å²) in [4.78, 5) is 20.1. The number of nitrogens with zero attached hydrogens (tertiary/aromatic N) is 3. The molecule has 0 radical (unpaired) electrons. The number of benzene rings is 1. The number of pyridine rings is 2. The SMILES string of the molecule is Cc1[nH]nc2nccc(Oc3ccc(NC(=O)Nc4ccccn4)cc3F)c12. The third kappa shape index (κ3) is 3.58. The molecule has 4 rings (SSSR count). The maximum Gasteiger partial charge on any atom is 0.324 e. The Morgan fingerprint density at radius 2 is 1.96 bits per heavy atom. The van der Waals surface area contributed by atoms with Crippen molar-refractivity contribution in [3.63, 3.8) is 0 Å². The van der Waals surface area contributed by atoms with Gasteiger partial charge in [-0.1, -0.05) is 6.07 Å². The quantitative estimate of drug-likeness (QED) is 0.493. The third-order valence-electron chi connectivity index (χ3n) is 3.91. The number of ether oxygens (including phenoxy) is 1. The van der Waals surface area contributed by atoms with E-state index in [0.717, 1.165) is 5.69 Å². The summed E-state index contributed by atoms with van der Waals surface area (Å²) in [6.45, 7) is 1.83. The van der Waals surface area contributed by atoms with Crippen molar-refractivity contribution < 1.29 is 13.9 Å². The largest absolute Gasteiger partial charge is 0.453 e. The van der Waals surface area contributed by atoms with Gasteiger partial charge in [0.05, 0.1) is 5.39 Å². The Hall–Kier alpha value is -4.01. The fraction of sp³-hybridized carbons (Fsp3) is 0.0526. The van der Waals surface area contributed by atoms with Gasteiger partial charge < -0.3 is 10.1 Å². The van der Waals surface area contributed by atoms with Gasteiger partial charge in [0.15, 0.2) is 17.2 Å². The van der Waals surface area contributed by atoms with Crippen LogP contribution in [0, 0.1) is 12.7 Å². The average molecular weight is 378 g/mol. The lowest BCUT2D eigenvalue weighted by Crippen LogP contribution is -2.20. The monoisotopic (exact) mass is 378 g/mol. The lowest BCUT2D eigenvalue weighted by molar-refractivity contribution is 0.262. The van der Waals surface area contributed by atoms with Gasteiger partial charge in [0, 0.05) is 29.8 Å². The summed E-state index contributed by atoms with van der Waals surface area (Å²) < 4.78 is 20.2. The Labute approximate surface area is 158 Å². The molecular weight excluding hydrogens is 363 g/mol. The Bertz CT molecular complexity index is 1150. The summed E-state index contributed by atoms with van der Waals surface area (Å²) >= 11 is 0. The standard InChI is InChI=1S/C19H15FN6O2/c1-11-17-15(7-9-22-18(17)26-25-11)28-14-6-5-12(10-13(14)20)23-19(27)24-16-4-2-3-8-21-16/h2-10H,1H3,(H,22,25,26)(H2,21,23,24,27). The molecule has 0 unspecified atom stereocenters. The highest BCUT2D eigenvalue weighted by Gasteiger charge is 2.13. The first-order valence-electron chi connectivity index (χ1n) is 8.36. The van der Waals surface area contributed by atoms with Crippen LogP contribution in [0.25, 0.3) is 11.0 Å². The van der Waals surface area contributed by atoms with Crippen LogP contribution >= 0.6 is 0 Å². The minimum Gasteiger partial charge on any atom is -0.453 e. The first kappa shape index (κ1) is 17.4. The minimum atomic E-state index is -0.623. The molecule has 0 atom stereocenters. The zero-order valence-corrected chi connectivity index (χ0v) is 14.7. The minimum absolute atomic E-state index is 0.0174. The topological polar surface area (TPSA) is 105 Å². The summed E-state index contributed by atoms with van der Waals surface area (Å²) in [5.74, 6) is 0.215. The maximum absolute atomic E-state index is 14.5. The smallest absolute Gasteiger partial charge is 0.324 e. The van der Waals surface area contributed by atoms with Gasteiger partial charge in [-0.3, -0.25) is 10.4 Å². The highest BCUT2D eigenvalue weighted by molar-refractivity contribution is 5.99. The number of urea groups is 1. The lowest BCUT2D eigenvalue weighted by atomic mass is 10.2. The van der Waals surface area contributed by atoms with E-state index in [-0.39, 0.29) is 11.4 Å². The van der Waals surface area contributed by atoms with Crippen LogP contribution < -0.4 is 15.4 Å². The zero-order chi connectivity index (χ0) is 19.5. The number of carbonyl (C=O) groups excluding carboxylic acids is 1. The van der Waals surface area contributed by atoms with Crippen molar-refractivity contribution in [3.05, 3.63) is 66.4 Å². The Kier molecular flexibility index (Phi) is 4.55. The molecule has 28 heavy (non-hydrogen) atoms. The summed E-state index contributed by atoms with van der Waals surface area (Å²) in [6.07, 6.45) is 3.09. The van der Waals surface area contributed by atoms with E-state index in [1.54, 1.807) is 30.5 Å². The van der Waals surface area contributed by atoms with E-state index in [0.29, 0.717) is 22.6 Å². The molecule has 0 bridgehead atoms. The first-order chi connectivity index (χ1) is 13.6. The van der Waals surface area contributed by atoms with Crippen LogP contribution in [-0.2, 0) is 0 Å². The number of amides is 2. The molecule has 1 aromatic carbocycles. The van der Waals surface area contributed by atoms with Crippen molar-refractivity contribution in [1.82, 2.24) is 20.2 Å². The van der Waals surface area contributed by atoms with Gasteiger partial charge in [0.2, 0.25) is 0 Å². The molecule has 0 saturated carbocycles. The predicted octanol–water partition coefficient (Wildman–Crippen LogP) is 4.24. The number of carbonyl (C=O) groups is 1. The van der Waals surface area contributed by atoms with E-state index in [1.165, 1.54) is 24.4 Å². The second kappa shape index (κ2) is 7.31. The van der Waals surface area contributed by atoms with Gasteiger partial charge in [-0.25, -0.2) is 19.2 Å². The maximum atomic E-state index is 14.5. The second-order valence-electron chi connectivity index (χ2n) is 5.90. The summed E-state index contributed by atoms with van der Waals surface area (Å²) in [6, 6.07) is 10.4. The van der Waals surface area contributed by atoms with Crippen LogP contribution in [0.2, 0.25) is 0 Å². The Balaban J connectivity index is 1.50. The van der Waals surface area contributed by atoms with Crippen LogP contribution in [-0.4, -0.2) is 26.2 Å². The molecule has 8 nitrogen and oxygen atoms in total. The third-order valence-corrected chi connectivity index (χ3v) is 3.91. The highest BCUT2D eigenvalue weighted by Crippen LogP contribution is 2.32. The van der Waals surface area contributed by atoms with Gasteiger partial charge in [0.1, 0.15) is 11.6 Å². The molecular formula is C19H15FN6O2. The van der Waals surface area contributed by atoms with Crippen LogP contribution in [0.1, 0.15) is 5.69 Å². The van der Waals surface area contributed by atoms with Crippen LogP contribution in [0.3, 0.4) is 0 Å². The molecule has 2 amide bonds. The van der Waals surface area contributed by atoms with Crippen molar-refractivity contribution in [2.45, 2.75) is 6.92 Å². The number of nitrogens with one attached hydrogen (secondary N) is 3. The Morgan fingerprint density at radius 1 is 1.07 bits per heavy atom. The molecule has 0 aliphatic rings. The number of hydrogen-bond donors (Lipinski definition) is 3. The number of halogens is 1. The highest BCUT2D eigenvalue weighted by atomic mass is 19.1. The van der Waals surface area contributed by atoms with Crippen molar-refractivity contribution in [2.24, 2.45) is 0 Å². The molecule has 3 N–H and O–H groups in total. The normalized spacial score (nSPS) is 10.6. The summed E-state index contributed by atoms with van der Waals surface area (Å²) in [7, 11) is 0. The first-order valence-corrected chi connectivity index (χ1v) is 8.36. The van der Waals surface area contributed by atoms with Crippen LogP contribution in [0.4, 0.5) is 20.7 Å². The van der Waals surface area contributed by atoms with Crippen molar-refractivity contribution in [1.29, 1.82) is 0 Å². The van der Waals surface area contributed by atoms with Crippen molar-refractivity contribution in [2.75, 3.05) is 10.6 Å². The average Bonchev–Trinajstić information content (AvgIpc) is 3.07. The predicted molar refractivity (Wildman–Crippen MR) is 102 cm³/mol. The number of aryl methyl sites for hydroxylation is 1. The Morgan fingerprint density at radius 3 is 2.75 bits per heavy atom. The van der Waals surface area contributed by atoms with Gasteiger partial charge >= 0.3 is 6.03 Å². The fourth-order valence-electron chi connectivity index (χ4n) is 2.64. The fourth-order valence-corrected chi connectivity index (χ4v) is 2.64. The van der Waals surface area contributed by atoms with Gasteiger partial charge in [-0.2, -0.15) is 5.10 Å². The van der Waals surface area contributed by atoms with E-state index in [4.69, 9.17) is 4.74 Å². The van der Waals surface area contributed by atoms with Crippen LogP contribution in [0.5, 0.6) is 11.5 Å². The van der Waals surface area contributed by atoms with Crippen LogP contribution in [0.15, 0.2) is 54.9 Å². The molecule has 0 saturated heterocycles. The van der Waals surface area contributed by atoms with Crippen molar-refractivity contribution >= 4 is 28.6 Å². The van der Waals surface area contributed by atoms with Crippen molar-refractivity contribution in [3.8, 4) is 11.5 Å². The number of H-pyrrole nitrogens is 1. The second-order valence-corrected chi connectivity index (χ2v) is 5.90. The molecule has 9 heteroatoms. The number of anilines is 2. The number of rotatable bonds is 4. The van der Waals surface area contributed by atoms with E-state index in [2.05, 4.69) is 30.8 Å².